The molecule has 2 aliphatic rings. The normalized spacial score (nSPS) is 14.2. The molecule has 0 N–H and O–H groups in total. The molecule has 0 aromatic heterocycles. The number of hydrogen-bond donors (Lipinski definition) is 0. The number of fused-ring (bicyclic) bond motifs is 8. The van der Waals surface area contributed by atoms with E-state index in [1.165, 1.54) is 94.6 Å². The molecule has 0 saturated heterocycles. The number of hydrogen-bond acceptors (Lipinski definition) is 1. The van der Waals surface area contributed by atoms with Crippen molar-refractivity contribution in [3.05, 3.63) is 173 Å². The Bertz CT molecular complexity index is 2380. The van der Waals surface area contributed by atoms with E-state index in [9.17, 15) is 0 Å². The predicted molar refractivity (Wildman–Crippen MR) is 220 cm³/mol. The van der Waals surface area contributed by atoms with Crippen molar-refractivity contribution in [2.24, 2.45) is 0 Å². The van der Waals surface area contributed by atoms with Crippen molar-refractivity contribution in [2.45, 2.75) is 66.2 Å². The Kier molecular flexibility index (Phi) is 7.80. The van der Waals surface area contributed by atoms with Crippen LogP contribution in [-0.4, -0.2) is 0 Å². The van der Waals surface area contributed by atoms with Crippen LogP contribution in [-0.2, 0) is 10.8 Å². The largest absolute Gasteiger partial charge is 0.310 e. The first-order valence-electron chi connectivity index (χ1n) is 18.5. The van der Waals surface area contributed by atoms with E-state index in [1.54, 1.807) is 0 Å². The highest BCUT2D eigenvalue weighted by Gasteiger charge is 2.42. The average molecular weight is 662 g/mol. The van der Waals surface area contributed by atoms with Crippen molar-refractivity contribution in [1.29, 1.82) is 0 Å². The highest BCUT2D eigenvalue weighted by atomic mass is 15.1. The lowest BCUT2D eigenvalue weighted by molar-refractivity contribution is 0.652. The van der Waals surface area contributed by atoms with Crippen molar-refractivity contribution in [3.63, 3.8) is 0 Å². The summed E-state index contributed by atoms with van der Waals surface area (Å²) in [6, 6.07) is 52.3. The van der Waals surface area contributed by atoms with Crippen molar-refractivity contribution >= 4 is 27.8 Å². The van der Waals surface area contributed by atoms with E-state index in [2.05, 4.69) is 186 Å². The van der Waals surface area contributed by atoms with Gasteiger partial charge in [0.25, 0.3) is 0 Å². The van der Waals surface area contributed by atoms with Crippen LogP contribution in [0.15, 0.2) is 140 Å². The number of aryl methyl sites for hydroxylation is 2. The van der Waals surface area contributed by atoms with Crippen LogP contribution in [0.25, 0.3) is 44.2 Å². The molecule has 0 fully saturated rings. The molecule has 0 aliphatic heterocycles. The van der Waals surface area contributed by atoms with Crippen molar-refractivity contribution < 1.29 is 0 Å². The number of rotatable bonds is 4. The molecule has 7 aromatic carbocycles. The van der Waals surface area contributed by atoms with Gasteiger partial charge in [-0.3, -0.25) is 0 Å². The smallest absolute Gasteiger partial charge is 0.0465 e. The molecule has 0 atom stereocenters. The quantitative estimate of drug-likeness (QED) is 0.181. The van der Waals surface area contributed by atoms with Crippen LogP contribution >= 0.6 is 0 Å². The van der Waals surface area contributed by atoms with Gasteiger partial charge in [0.05, 0.1) is 0 Å². The van der Waals surface area contributed by atoms with Crippen LogP contribution in [0.2, 0.25) is 0 Å². The molecule has 2 aliphatic carbocycles. The summed E-state index contributed by atoms with van der Waals surface area (Å²) in [6.45, 7) is 18.0. The van der Waals surface area contributed by atoms with E-state index in [0.717, 1.165) is 0 Å². The standard InChI is InChI=1S/C48H41N.C2H6/c1-30-16-20-33(21-17-30)49(34-22-18-31(2)19-23-34)35-24-25-37-40-28-44-41(29-43(40)47(3,4)42(37)26-35)46-38-15-11-10-14-36(38)39(27-45(46)48(44,5)6)32-12-8-7-9-13-32;1-2/h7-29H,1-6H3;1-2H3. The molecule has 7 aromatic rings. The lowest BCUT2D eigenvalue weighted by Gasteiger charge is -2.28. The third kappa shape index (κ3) is 5.05. The summed E-state index contributed by atoms with van der Waals surface area (Å²) in [5.74, 6) is 0. The maximum Gasteiger partial charge on any atom is 0.0465 e. The van der Waals surface area contributed by atoms with Crippen LogP contribution in [0.1, 0.15) is 74.9 Å². The molecule has 0 radical (unpaired) electrons. The van der Waals surface area contributed by atoms with Gasteiger partial charge in [0.15, 0.2) is 0 Å². The maximum absolute atomic E-state index is 2.55. The highest BCUT2D eigenvalue weighted by molar-refractivity contribution is 6.09. The molecule has 0 unspecified atom stereocenters. The van der Waals surface area contributed by atoms with E-state index < -0.39 is 0 Å². The molecule has 0 amide bonds. The molecular formula is C50H47N. The minimum atomic E-state index is -0.158. The predicted octanol–water partition coefficient (Wildman–Crippen LogP) is 14.2. The Labute approximate surface area is 304 Å². The van der Waals surface area contributed by atoms with Gasteiger partial charge in [-0.05, 0) is 135 Å². The summed E-state index contributed by atoms with van der Waals surface area (Å²) in [5, 5.41) is 2.66. The lowest BCUT2D eigenvalue weighted by Crippen LogP contribution is -2.17. The van der Waals surface area contributed by atoms with Gasteiger partial charge in [0, 0.05) is 27.9 Å². The second kappa shape index (κ2) is 12.1. The van der Waals surface area contributed by atoms with Gasteiger partial charge in [-0.25, -0.2) is 0 Å². The van der Waals surface area contributed by atoms with Gasteiger partial charge >= 0.3 is 0 Å². The van der Waals surface area contributed by atoms with Gasteiger partial charge in [-0.1, -0.05) is 138 Å². The van der Waals surface area contributed by atoms with Gasteiger partial charge in [-0.15, -0.1) is 0 Å². The number of nitrogens with zero attached hydrogens (tertiary/aromatic N) is 1. The highest BCUT2D eigenvalue weighted by Crippen LogP contribution is 2.58. The van der Waals surface area contributed by atoms with Crippen molar-refractivity contribution in [1.82, 2.24) is 0 Å². The summed E-state index contributed by atoms with van der Waals surface area (Å²) in [4.78, 5) is 2.40. The molecule has 252 valence electrons. The Morgan fingerprint density at radius 2 is 0.863 bits per heavy atom. The summed E-state index contributed by atoms with van der Waals surface area (Å²) >= 11 is 0. The minimum absolute atomic E-state index is 0.131. The maximum atomic E-state index is 2.55. The van der Waals surface area contributed by atoms with Crippen LogP contribution in [0.4, 0.5) is 17.1 Å². The van der Waals surface area contributed by atoms with Gasteiger partial charge in [0.2, 0.25) is 0 Å². The average Bonchev–Trinajstić information content (AvgIpc) is 3.52. The fraction of sp³-hybridized carbons (Fsp3) is 0.200. The Hall–Kier alpha value is -5.40. The Morgan fingerprint density at radius 1 is 0.392 bits per heavy atom. The zero-order valence-electron chi connectivity index (χ0n) is 31.2. The SMILES string of the molecule is CC.Cc1ccc(N(c2ccc(C)cc2)c2ccc3c(c2)C(C)(C)c2cc4c(cc2-3)C(C)(C)c2cc(-c3ccccc3)c3ccccc3c2-4)cc1. The molecule has 51 heavy (non-hydrogen) atoms. The molecule has 0 heterocycles. The van der Waals surface area contributed by atoms with Gasteiger partial charge in [-0.2, -0.15) is 0 Å². The molecule has 1 heteroatoms. The topological polar surface area (TPSA) is 3.24 Å². The monoisotopic (exact) mass is 661 g/mol. The van der Waals surface area contributed by atoms with Crippen molar-refractivity contribution in [3.8, 4) is 33.4 Å². The first-order valence-corrected chi connectivity index (χ1v) is 18.5. The summed E-state index contributed by atoms with van der Waals surface area (Å²) in [5.41, 5.74) is 19.5. The zero-order valence-corrected chi connectivity index (χ0v) is 31.2. The molecule has 0 bridgehead atoms. The van der Waals surface area contributed by atoms with Crippen LogP contribution < -0.4 is 4.90 Å². The molecule has 0 spiro atoms. The van der Waals surface area contributed by atoms with Crippen LogP contribution in [0, 0.1) is 13.8 Å². The van der Waals surface area contributed by atoms with E-state index in [0.29, 0.717) is 0 Å². The van der Waals surface area contributed by atoms with Gasteiger partial charge in [0.1, 0.15) is 0 Å². The second-order valence-electron chi connectivity index (χ2n) is 15.2. The summed E-state index contributed by atoms with van der Waals surface area (Å²) in [7, 11) is 0. The summed E-state index contributed by atoms with van der Waals surface area (Å²) in [6.07, 6.45) is 0. The van der Waals surface area contributed by atoms with E-state index in [4.69, 9.17) is 0 Å². The number of benzene rings is 7. The third-order valence-electron chi connectivity index (χ3n) is 11.4. The minimum Gasteiger partial charge on any atom is -0.310 e. The molecular weight excluding hydrogens is 615 g/mol. The zero-order chi connectivity index (χ0) is 35.7. The fourth-order valence-corrected chi connectivity index (χ4v) is 8.63. The Morgan fingerprint density at radius 3 is 1.49 bits per heavy atom. The first-order chi connectivity index (χ1) is 24.6. The summed E-state index contributed by atoms with van der Waals surface area (Å²) < 4.78 is 0. The van der Waals surface area contributed by atoms with E-state index in [-0.39, 0.29) is 10.8 Å². The molecule has 1 nitrogen and oxygen atoms in total. The fourth-order valence-electron chi connectivity index (χ4n) is 8.63. The first kappa shape index (κ1) is 32.8. The second-order valence-corrected chi connectivity index (χ2v) is 15.2. The van der Waals surface area contributed by atoms with Crippen LogP contribution in [0.3, 0.4) is 0 Å². The third-order valence-corrected chi connectivity index (χ3v) is 11.4. The van der Waals surface area contributed by atoms with Gasteiger partial charge < -0.3 is 4.90 Å². The molecule has 9 rings (SSSR count). The number of anilines is 3. The van der Waals surface area contributed by atoms with E-state index in [1.807, 2.05) is 13.8 Å². The molecule has 0 saturated carbocycles. The van der Waals surface area contributed by atoms with Crippen LogP contribution in [0.5, 0.6) is 0 Å². The Balaban J connectivity index is 0.00000184. The van der Waals surface area contributed by atoms with Crippen molar-refractivity contribution in [2.75, 3.05) is 4.90 Å². The lowest BCUT2D eigenvalue weighted by atomic mass is 9.79. The van der Waals surface area contributed by atoms with E-state index >= 15 is 0 Å².